The third-order valence-corrected chi connectivity index (χ3v) is 5.69. The minimum Gasteiger partial charge on any atom is -0.497 e. The lowest BCUT2D eigenvalue weighted by atomic mass is 10.2. The molecule has 3 aromatic rings. The van der Waals surface area contributed by atoms with Gasteiger partial charge in [-0.1, -0.05) is 23.7 Å². The van der Waals surface area contributed by atoms with Crippen LogP contribution < -0.4 is 19.7 Å². The Morgan fingerprint density at radius 3 is 2.50 bits per heavy atom. The molecule has 0 spiro atoms. The first-order valence-electron chi connectivity index (χ1n) is 8.95. The van der Waals surface area contributed by atoms with Crippen LogP contribution in [-0.2, 0) is 9.59 Å². The summed E-state index contributed by atoms with van der Waals surface area (Å²) in [7, 11) is 3.04. The van der Waals surface area contributed by atoms with Crippen LogP contribution in [0, 0.1) is 0 Å². The van der Waals surface area contributed by atoms with Crippen molar-refractivity contribution in [2.75, 3.05) is 24.4 Å². The highest BCUT2D eigenvalue weighted by Gasteiger charge is 2.42. The standard InChI is InChI=1S/C22H17ClN2O4S/c1-28-15-6-3-5-14(12-15)24-20-19(18-7-4-10-30-18)21(26)25(22(20)27)16-11-13(23)8-9-17(16)29-2/h3-12,24H,1-2H3. The van der Waals surface area contributed by atoms with Gasteiger partial charge in [-0.2, -0.15) is 0 Å². The van der Waals surface area contributed by atoms with Crippen molar-refractivity contribution in [2.45, 2.75) is 0 Å². The van der Waals surface area contributed by atoms with Gasteiger partial charge in [-0.15, -0.1) is 11.3 Å². The summed E-state index contributed by atoms with van der Waals surface area (Å²) in [6, 6.07) is 15.6. The normalized spacial score (nSPS) is 13.8. The van der Waals surface area contributed by atoms with Gasteiger partial charge in [0.05, 0.1) is 25.5 Å². The molecule has 152 valence electrons. The average molecular weight is 441 g/mol. The maximum absolute atomic E-state index is 13.4. The Kier molecular flexibility index (Phi) is 5.48. The molecule has 0 bridgehead atoms. The summed E-state index contributed by atoms with van der Waals surface area (Å²) in [4.78, 5) is 28.6. The van der Waals surface area contributed by atoms with Crippen LogP contribution in [0.3, 0.4) is 0 Å². The van der Waals surface area contributed by atoms with Gasteiger partial charge in [0, 0.05) is 21.7 Å². The Hall–Kier alpha value is -3.29. The fourth-order valence-electron chi connectivity index (χ4n) is 3.20. The zero-order valence-electron chi connectivity index (χ0n) is 16.1. The maximum Gasteiger partial charge on any atom is 0.282 e. The molecule has 0 fully saturated rings. The van der Waals surface area contributed by atoms with Crippen molar-refractivity contribution in [1.29, 1.82) is 0 Å². The van der Waals surface area contributed by atoms with E-state index in [9.17, 15) is 9.59 Å². The molecule has 0 saturated carbocycles. The second-order valence-electron chi connectivity index (χ2n) is 6.35. The highest BCUT2D eigenvalue weighted by Crippen LogP contribution is 2.40. The summed E-state index contributed by atoms with van der Waals surface area (Å²) in [5.74, 6) is 0.0536. The van der Waals surface area contributed by atoms with Gasteiger partial charge in [0.25, 0.3) is 11.8 Å². The van der Waals surface area contributed by atoms with Crippen LogP contribution in [0.4, 0.5) is 11.4 Å². The van der Waals surface area contributed by atoms with Gasteiger partial charge in [0.15, 0.2) is 0 Å². The zero-order chi connectivity index (χ0) is 21.3. The van der Waals surface area contributed by atoms with Crippen molar-refractivity contribution in [3.05, 3.63) is 75.6 Å². The molecule has 0 radical (unpaired) electrons. The van der Waals surface area contributed by atoms with Crippen molar-refractivity contribution in [2.24, 2.45) is 0 Å². The first-order chi connectivity index (χ1) is 14.5. The second-order valence-corrected chi connectivity index (χ2v) is 7.73. The van der Waals surface area contributed by atoms with Crippen LogP contribution in [0.2, 0.25) is 5.02 Å². The second kappa shape index (κ2) is 8.22. The molecule has 30 heavy (non-hydrogen) atoms. The lowest BCUT2D eigenvalue weighted by Gasteiger charge is -2.18. The number of ether oxygens (including phenoxy) is 2. The van der Waals surface area contributed by atoms with Gasteiger partial charge in [-0.3, -0.25) is 9.59 Å². The van der Waals surface area contributed by atoms with Crippen molar-refractivity contribution in [1.82, 2.24) is 0 Å². The van der Waals surface area contributed by atoms with E-state index in [1.165, 1.54) is 24.5 Å². The number of nitrogens with one attached hydrogen (secondary N) is 1. The van der Waals surface area contributed by atoms with Crippen molar-refractivity contribution in [3.8, 4) is 11.5 Å². The summed E-state index contributed by atoms with van der Waals surface area (Å²) in [5.41, 5.74) is 1.38. The molecule has 2 aromatic carbocycles. The summed E-state index contributed by atoms with van der Waals surface area (Å²) < 4.78 is 10.6. The van der Waals surface area contributed by atoms with Gasteiger partial charge in [-0.05, 0) is 41.8 Å². The largest absolute Gasteiger partial charge is 0.497 e. The maximum atomic E-state index is 13.4. The third kappa shape index (κ3) is 3.53. The fraction of sp³-hybridized carbons (Fsp3) is 0.0909. The van der Waals surface area contributed by atoms with Crippen molar-refractivity contribution in [3.63, 3.8) is 0 Å². The molecule has 0 aliphatic carbocycles. The SMILES string of the molecule is COc1cccc(NC2=C(c3cccs3)C(=O)N(c3cc(Cl)ccc3OC)C2=O)c1. The molecule has 0 atom stereocenters. The minimum atomic E-state index is -0.494. The number of imide groups is 1. The summed E-state index contributed by atoms with van der Waals surface area (Å²) in [6.07, 6.45) is 0. The Balaban J connectivity index is 1.82. The van der Waals surface area contributed by atoms with E-state index in [0.717, 1.165) is 4.90 Å². The number of hydrogen-bond acceptors (Lipinski definition) is 6. The topological polar surface area (TPSA) is 67.9 Å². The van der Waals surface area contributed by atoms with Crippen LogP contribution in [-0.4, -0.2) is 26.0 Å². The van der Waals surface area contributed by atoms with E-state index in [0.29, 0.717) is 32.7 Å². The Morgan fingerprint density at radius 1 is 0.967 bits per heavy atom. The Bertz CT molecular complexity index is 1160. The van der Waals surface area contributed by atoms with Gasteiger partial charge in [0.1, 0.15) is 17.2 Å². The van der Waals surface area contributed by atoms with Gasteiger partial charge >= 0.3 is 0 Å². The third-order valence-electron chi connectivity index (χ3n) is 4.57. The average Bonchev–Trinajstić information content (AvgIpc) is 3.35. The predicted molar refractivity (Wildman–Crippen MR) is 118 cm³/mol. The molecule has 1 aliphatic rings. The van der Waals surface area contributed by atoms with E-state index in [4.69, 9.17) is 21.1 Å². The van der Waals surface area contributed by atoms with Crippen LogP contribution in [0.15, 0.2) is 65.7 Å². The molecule has 2 amide bonds. The van der Waals surface area contributed by atoms with Gasteiger partial charge in [-0.25, -0.2) is 4.90 Å². The number of rotatable bonds is 6. The number of hydrogen-bond donors (Lipinski definition) is 1. The van der Waals surface area contributed by atoms with Gasteiger partial charge in [0.2, 0.25) is 0 Å². The number of thiophene rings is 1. The quantitative estimate of drug-likeness (QED) is 0.557. The van der Waals surface area contributed by atoms with Crippen LogP contribution in [0.25, 0.3) is 5.57 Å². The van der Waals surface area contributed by atoms with Crippen molar-refractivity contribution < 1.29 is 19.1 Å². The molecule has 1 N–H and O–H groups in total. The van der Waals surface area contributed by atoms with Crippen LogP contribution >= 0.6 is 22.9 Å². The molecule has 1 aliphatic heterocycles. The summed E-state index contributed by atoms with van der Waals surface area (Å²) >= 11 is 7.52. The van der Waals surface area contributed by atoms with Crippen LogP contribution in [0.5, 0.6) is 11.5 Å². The number of anilines is 2. The molecular weight excluding hydrogens is 424 g/mol. The first-order valence-corrected chi connectivity index (χ1v) is 10.2. The number of carbonyl (C=O) groups excluding carboxylic acids is 2. The number of nitrogens with zero attached hydrogens (tertiary/aromatic N) is 1. The number of benzene rings is 2. The molecule has 2 heterocycles. The van der Waals surface area contributed by atoms with E-state index < -0.39 is 11.8 Å². The van der Waals surface area contributed by atoms with Crippen LogP contribution in [0.1, 0.15) is 4.88 Å². The highest BCUT2D eigenvalue weighted by atomic mass is 35.5. The van der Waals surface area contributed by atoms with Crippen molar-refractivity contribution >= 4 is 51.7 Å². The number of carbonyl (C=O) groups is 2. The minimum absolute atomic E-state index is 0.178. The van der Waals surface area contributed by atoms with E-state index in [1.54, 1.807) is 49.6 Å². The number of methoxy groups -OCH3 is 2. The predicted octanol–water partition coefficient (Wildman–Crippen LogP) is 4.82. The molecule has 1 aromatic heterocycles. The van der Waals surface area contributed by atoms with E-state index in [-0.39, 0.29) is 11.4 Å². The zero-order valence-corrected chi connectivity index (χ0v) is 17.7. The van der Waals surface area contributed by atoms with E-state index >= 15 is 0 Å². The molecule has 0 saturated heterocycles. The fourth-order valence-corrected chi connectivity index (χ4v) is 4.13. The first kappa shape index (κ1) is 20.0. The molecule has 0 unspecified atom stereocenters. The monoisotopic (exact) mass is 440 g/mol. The highest BCUT2D eigenvalue weighted by molar-refractivity contribution is 7.11. The smallest absolute Gasteiger partial charge is 0.282 e. The summed E-state index contributed by atoms with van der Waals surface area (Å²) in [6.45, 7) is 0. The molecule has 8 heteroatoms. The number of amides is 2. The lowest BCUT2D eigenvalue weighted by molar-refractivity contribution is -0.120. The lowest BCUT2D eigenvalue weighted by Crippen LogP contribution is -2.32. The Morgan fingerprint density at radius 2 is 1.80 bits per heavy atom. The molecule has 6 nitrogen and oxygen atoms in total. The number of halogens is 1. The Labute approximate surface area is 182 Å². The molecule has 4 rings (SSSR count). The van der Waals surface area contributed by atoms with Gasteiger partial charge < -0.3 is 14.8 Å². The van der Waals surface area contributed by atoms with E-state index in [2.05, 4.69) is 5.32 Å². The van der Waals surface area contributed by atoms with E-state index in [1.807, 2.05) is 11.4 Å². The molecular formula is C22H17ClN2O4S. The summed E-state index contributed by atoms with van der Waals surface area (Å²) in [5, 5.41) is 5.35.